The Kier molecular flexibility index (Phi) is 4.65. The third-order valence-corrected chi connectivity index (χ3v) is 4.84. The lowest BCUT2D eigenvalue weighted by Crippen LogP contribution is -2.42. The number of nitrogens with one attached hydrogen (secondary N) is 1. The molecule has 7 heteroatoms. The van der Waals surface area contributed by atoms with Crippen LogP contribution < -0.4 is 5.32 Å². The molecular weight excluding hydrogens is 286 g/mol. The van der Waals surface area contributed by atoms with Crippen LogP contribution in [0, 0.1) is 0 Å². The normalized spacial score (nSPS) is 24.2. The molecular formula is C12H18ClN3O2S. The Labute approximate surface area is 121 Å². The average Bonchev–Trinajstić information content (AvgIpc) is 2.74. The van der Waals surface area contributed by atoms with Crippen LogP contribution in [-0.4, -0.2) is 48.6 Å². The minimum Gasteiger partial charge on any atom is -0.465 e. The molecule has 2 unspecified atom stereocenters. The number of halogens is 1. The number of anilines is 1. The smallest absolute Gasteiger partial charge is 0.351 e. The van der Waals surface area contributed by atoms with Gasteiger partial charge in [-0.15, -0.1) is 0 Å². The van der Waals surface area contributed by atoms with E-state index in [1.165, 1.54) is 18.4 Å². The number of likely N-dealkylation sites (tertiary alicyclic amines) is 1. The van der Waals surface area contributed by atoms with Crippen molar-refractivity contribution in [2.24, 2.45) is 0 Å². The van der Waals surface area contributed by atoms with E-state index in [1.54, 1.807) is 0 Å². The van der Waals surface area contributed by atoms with Crippen LogP contribution in [0.2, 0.25) is 5.15 Å². The van der Waals surface area contributed by atoms with Crippen molar-refractivity contribution >= 4 is 34.0 Å². The molecule has 2 rings (SSSR count). The first kappa shape index (κ1) is 14.6. The second-order valence-electron chi connectivity index (χ2n) is 4.83. The zero-order valence-electron chi connectivity index (χ0n) is 11.3. The van der Waals surface area contributed by atoms with E-state index in [4.69, 9.17) is 11.6 Å². The summed E-state index contributed by atoms with van der Waals surface area (Å²) < 4.78 is 4.66. The Morgan fingerprint density at radius 3 is 3.00 bits per heavy atom. The van der Waals surface area contributed by atoms with Gasteiger partial charge in [0.2, 0.25) is 0 Å². The monoisotopic (exact) mass is 303 g/mol. The van der Waals surface area contributed by atoms with Crippen molar-refractivity contribution in [3.05, 3.63) is 10.0 Å². The number of nitrogens with zero attached hydrogens (tertiary/aromatic N) is 2. The molecule has 0 bridgehead atoms. The fourth-order valence-electron chi connectivity index (χ4n) is 2.18. The molecule has 1 aliphatic heterocycles. The van der Waals surface area contributed by atoms with Gasteiger partial charge in [-0.2, -0.15) is 0 Å². The number of rotatable bonds is 3. The highest BCUT2D eigenvalue weighted by atomic mass is 35.5. The van der Waals surface area contributed by atoms with Crippen LogP contribution in [0.25, 0.3) is 0 Å². The maximum atomic E-state index is 11.5. The van der Waals surface area contributed by atoms with E-state index in [0.29, 0.717) is 22.1 Å². The van der Waals surface area contributed by atoms with Crippen molar-refractivity contribution in [3.63, 3.8) is 0 Å². The fraction of sp³-hybridized carbons (Fsp3) is 0.667. The van der Waals surface area contributed by atoms with Crippen molar-refractivity contribution in [2.75, 3.05) is 26.0 Å². The first-order chi connectivity index (χ1) is 9.01. The second kappa shape index (κ2) is 6.07. The summed E-state index contributed by atoms with van der Waals surface area (Å²) >= 11 is 7.18. The number of hydrogen-bond donors (Lipinski definition) is 1. The number of methoxy groups -OCH3 is 1. The Morgan fingerprint density at radius 2 is 2.37 bits per heavy atom. The summed E-state index contributed by atoms with van der Waals surface area (Å²) in [5, 5.41) is 4.26. The molecule has 1 N–H and O–H groups in total. The maximum absolute atomic E-state index is 11.5. The second-order valence-corrected chi connectivity index (χ2v) is 6.18. The maximum Gasteiger partial charge on any atom is 0.351 e. The lowest BCUT2D eigenvalue weighted by Gasteiger charge is -2.35. The van der Waals surface area contributed by atoms with Gasteiger partial charge in [-0.3, -0.25) is 0 Å². The zero-order valence-corrected chi connectivity index (χ0v) is 12.8. The predicted molar refractivity (Wildman–Crippen MR) is 77.2 cm³/mol. The van der Waals surface area contributed by atoms with E-state index in [1.807, 2.05) is 0 Å². The molecule has 0 aliphatic carbocycles. The van der Waals surface area contributed by atoms with Gasteiger partial charge in [-0.05, 0) is 26.8 Å². The van der Waals surface area contributed by atoms with Crippen LogP contribution in [0.3, 0.4) is 0 Å². The first-order valence-corrected chi connectivity index (χ1v) is 7.42. The van der Waals surface area contributed by atoms with Crippen LogP contribution in [0.5, 0.6) is 0 Å². The molecule has 0 spiro atoms. The molecule has 0 amide bonds. The average molecular weight is 304 g/mol. The van der Waals surface area contributed by atoms with Crippen LogP contribution in [0.4, 0.5) is 5.13 Å². The summed E-state index contributed by atoms with van der Waals surface area (Å²) in [5.74, 6) is -0.438. The summed E-state index contributed by atoms with van der Waals surface area (Å²) in [6, 6.07) is 0.917. The van der Waals surface area contributed by atoms with Crippen molar-refractivity contribution < 1.29 is 9.53 Å². The number of piperidine rings is 1. The molecule has 1 saturated heterocycles. The molecule has 1 aliphatic rings. The Morgan fingerprint density at radius 1 is 1.63 bits per heavy atom. The summed E-state index contributed by atoms with van der Waals surface area (Å²) in [6.07, 6.45) is 2.12. The van der Waals surface area contributed by atoms with E-state index in [-0.39, 0.29) is 5.15 Å². The lowest BCUT2D eigenvalue weighted by atomic mass is 9.99. The molecule has 2 atom stereocenters. The quantitative estimate of drug-likeness (QED) is 0.869. The summed E-state index contributed by atoms with van der Waals surface area (Å²) in [4.78, 5) is 18.3. The minimum atomic E-state index is -0.438. The number of carbonyl (C=O) groups is 1. The lowest BCUT2D eigenvalue weighted by molar-refractivity contribution is 0.0606. The number of hydrogen-bond acceptors (Lipinski definition) is 6. The highest BCUT2D eigenvalue weighted by molar-refractivity contribution is 7.18. The third kappa shape index (κ3) is 3.38. The third-order valence-electron chi connectivity index (χ3n) is 3.49. The van der Waals surface area contributed by atoms with E-state index in [0.717, 1.165) is 19.4 Å². The van der Waals surface area contributed by atoms with Gasteiger partial charge in [0.25, 0.3) is 0 Å². The topological polar surface area (TPSA) is 54.5 Å². The highest BCUT2D eigenvalue weighted by Gasteiger charge is 2.24. The molecule has 0 radical (unpaired) electrons. The zero-order chi connectivity index (χ0) is 14.0. The number of thiazole rings is 1. The number of carbonyl (C=O) groups excluding carboxylic acids is 1. The Balaban J connectivity index is 2.02. The first-order valence-electron chi connectivity index (χ1n) is 6.22. The molecule has 106 valence electrons. The van der Waals surface area contributed by atoms with Gasteiger partial charge in [0.05, 0.1) is 7.11 Å². The molecule has 5 nitrogen and oxygen atoms in total. The Bertz CT molecular complexity index is 466. The highest BCUT2D eigenvalue weighted by Crippen LogP contribution is 2.29. The largest absolute Gasteiger partial charge is 0.465 e. The van der Waals surface area contributed by atoms with Gasteiger partial charge in [-0.25, -0.2) is 9.78 Å². The molecule has 19 heavy (non-hydrogen) atoms. The number of ether oxygens (including phenoxy) is 1. The predicted octanol–water partition coefficient (Wildman–Crippen LogP) is 2.48. The summed E-state index contributed by atoms with van der Waals surface area (Å²) in [5.41, 5.74) is 0. The SMILES string of the molecule is COC(=O)c1sc(NC2CCN(C)C(C)C2)nc1Cl. The van der Waals surface area contributed by atoms with Crippen molar-refractivity contribution in [3.8, 4) is 0 Å². The minimum absolute atomic E-state index is 0.209. The van der Waals surface area contributed by atoms with E-state index >= 15 is 0 Å². The van der Waals surface area contributed by atoms with Crippen molar-refractivity contribution in [1.82, 2.24) is 9.88 Å². The Hall–Kier alpha value is -0.850. The molecule has 0 saturated carbocycles. The number of aromatic nitrogens is 1. The van der Waals surface area contributed by atoms with Gasteiger partial charge in [0.15, 0.2) is 15.2 Å². The number of esters is 1. The van der Waals surface area contributed by atoms with Gasteiger partial charge in [0.1, 0.15) is 0 Å². The molecule has 0 aromatic carbocycles. The summed E-state index contributed by atoms with van der Waals surface area (Å²) in [6.45, 7) is 3.27. The molecule has 2 heterocycles. The van der Waals surface area contributed by atoms with Crippen LogP contribution in [0.1, 0.15) is 29.4 Å². The van der Waals surface area contributed by atoms with Crippen LogP contribution in [0.15, 0.2) is 0 Å². The van der Waals surface area contributed by atoms with E-state index in [9.17, 15) is 4.79 Å². The van der Waals surface area contributed by atoms with Gasteiger partial charge in [0, 0.05) is 18.6 Å². The van der Waals surface area contributed by atoms with Crippen molar-refractivity contribution in [1.29, 1.82) is 0 Å². The molecule has 1 aromatic heterocycles. The standard InChI is InChI=1S/C12H18ClN3O2S/c1-7-6-8(4-5-16(7)2)14-12-15-10(13)9(19-12)11(17)18-3/h7-8H,4-6H2,1-3H3,(H,14,15). The van der Waals surface area contributed by atoms with Crippen LogP contribution in [-0.2, 0) is 4.74 Å². The van der Waals surface area contributed by atoms with Gasteiger partial charge >= 0.3 is 5.97 Å². The van der Waals surface area contributed by atoms with E-state index in [2.05, 4.69) is 33.9 Å². The van der Waals surface area contributed by atoms with E-state index < -0.39 is 5.97 Å². The summed E-state index contributed by atoms with van der Waals surface area (Å²) in [7, 11) is 3.47. The molecule has 1 fully saturated rings. The fourth-order valence-corrected chi connectivity index (χ4v) is 3.36. The van der Waals surface area contributed by atoms with Gasteiger partial charge < -0.3 is 15.0 Å². The molecule has 1 aromatic rings. The van der Waals surface area contributed by atoms with Gasteiger partial charge in [-0.1, -0.05) is 22.9 Å². The van der Waals surface area contributed by atoms with Crippen molar-refractivity contribution in [2.45, 2.75) is 31.8 Å². The van der Waals surface area contributed by atoms with Crippen LogP contribution >= 0.6 is 22.9 Å².